The summed E-state index contributed by atoms with van der Waals surface area (Å²) in [5.41, 5.74) is 2.25. The highest BCUT2D eigenvalue weighted by molar-refractivity contribution is 6.30. The summed E-state index contributed by atoms with van der Waals surface area (Å²) >= 11 is 5.84. The van der Waals surface area contributed by atoms with Gasteiger partial charge in [-0.15, -0.1) is 0 Å². The van der Waals surface area contributed by atoms with Gasteiger partial charge < -0.3 is 10.6 Å². The fourth-order valence-corrected chi connectivity index (χ4v) is 2.34. The Kier molecular flexibility index (Phi) is 5.99. The maximum Gasteiger partial charge on any atom is 0.251 e. The Morgan fingerprint density at radius 3 is 2.08 bits per heavy atom. The molecule has 0 aromatic heterocycles. The van der Waals surface area contributed by atoms with Crippen LogP contribution in [0.5, 0.6) is 0 Å². The minimum atomic E-state index is -0.630. The van der Waals surface area contributed by atoms with Gasteiger partial charge in [0.2, 0.25) is 5.91 Å². The Morgan fingerprint density at radius 2 is 1.54 bits per heavy atom. The van der Waals surface area contributed by atoms with Crippen LogP contribution in [0.15, 0.2) is 48.5 Å². The van der Waals surface area contributed by atoms with Gasteiger partial charge in [0.25, 0.3) is 5.91 Å². The predicted molar refractivity (Wildman–Crippen MR) is 97.4 cm³/mol. The van der Waals surface area contributed by atoms with Crippen LogP contribution in [0.3, 0.4) is 0 Å². The van der Waals surface area contributed by atoms with Crippen LogP contribution in [-0.2, 0) is 4.79 Å². The average molecular weight is 345 g/mol. The number of anilines is 1. The first kappa shape index (κ1) is 18.0. The lowest BCUT2D eigenvalue weighted by atomic mass is 10.0. The molecular formula is C19H21ClN2O2. The van der Waals surface area contributed by atoms with Gasteiger partial charge in [-0.25, -0.2) is 0 Å². The van der Waals surface area contributed by atoms with Crippen molar-refractivity contribution in [3.63, 3.8) is 0 Å². The van der Waals surface area contributed by atoms with Crippen molar-refractivity contribution in [2.45, 2.75) is 26.8 Å². The molecule has 2 aromatic carbocycles. The highest BCUT2D eigenvalue weighted by atomic mass is 35.5. The molecule has 4 nitrogen and oxygen atoms in total. The molecule has 1 atom stereocenters. The molecule has 0 aliphatic carbocycles. The molecule has 0 fully saturated rings. The highest BCUT2D eigenvalue weighted by Gasteiger charge is 2.24. The molecular weight excluding hydrogens is 324 g/mol. The van der Waals surface area contributed by atoms with Crippen molar-refractivity contribution in [1.82, 2.24) is 5.32 Å². The number of halogens is 1. The molecule has 2 aromatic rings. The summed E-state index contributed by atoms with van der Waals surface area (Å²) in [5, 5.41) is 6.21. The number of hydrogen-bond donors (Lipinski definition) is 2. The minimum Gasteiger partial charge on any atom is -0.340 e. The Balaban J connectivity index is 2.07. The third-order valence-electron chi connectivity index (χ3n) is 3.66. The number of nitrogens with one attached hydrogen (secondary N) is 2. The van der Waals surface area contributed by atoms with Crippen molar-refractivity contribution in [1.29, 1.82) is 0 Å². The lowest BCUT2D eigenvalue weighted by Crippen LogP contribution is -2.47. The summed E-state index contributed by atoms with van der Waals surface area (Å²) in [4.78, 5) is 24.9. The van der Waals surface area contributed by atoms with Crippen molar-refractivity contribution in [2.75, 3.05) is 5.32 Å². The molecule has 2 amide bonds. The number of benzene rings is 2. The Hall–Kier alpha value is -2.33. The van der Waals surface area contributed by atoms with Crippen molar-refractivity contribution in [3.8, 4) is 0 Å². The van der Waals surface area contributed by atoms with Crippen LogP contribution in [0, 0.1) is 12.8 Å². The molecule has 126 valence electrons. The fourth-order valence-electron chi connectivity index (χ4n) is 2.22. The van der Waals surface area contributed by atoms with E-state index in [1.54, 1.807) is 36.4 Å². The molecule has 0 aliphatic rings. The number of rotatable bonds is 5. The molecule has 0 spiro atoms. The molecule has 5 heteroatoms. The van der Waals surface area contributed by atoms with Gasteiger partial charge in [-0.2, -0.15) is 0 Å². The molecule has 0 saturated carbocycles. The number of hydrogen-bond acceptors (Lipinski definition) is 2. The summed E-state index contributed by atoms with van der Waals surface area (Å²) in [6.07, 6.45) is 0. The van der Waals surface area contributed by atoms with Crippen LogP contribution in [0.1, 0.15) is 29.8 Å². The summed E-state index contributed by atoms with van der Waals surface area (Å²) in [5.74, 6) is -0.570. The number of carbonyl (C=O) groups excluding carboxylic acids is 2. The minimum absolute atomic E-state index is 0.0494. The van der Waals surface area contributed by atoms with Crippen LogP contribution in [-0.4, -0.2) is 17.9 Å². The van der Waals surface area contributed by atoms with E-state index in [0.29, 0.717) is 16.3 Å². The molecule has 2 rings (SSSR count). The van der Waals surface area contributed by atoms with Gasteiger partial charge in [0.1, 0.15) is 6.04 Å². The third-order valence-corrected chi connectivity index (χ3v) is 3.91. The zero-order valence-electron chi connectivity index (χ0n) is 14.0. The van der Waals surface area contributed by atoms with Gasteiger partial charge in [0.05, 0.1) is 0 Å². The monoisotopic (exact) mass is 344 g/mol. The lowest BCUT2D eigenvalue weighted by molar-refractivity contribution is -0.118. The molecule has 2 N–H and O–H groups in total. The van der Waals surface area contributed by atoms with Gasteiger partial charge in [-0.3, -0.25) is 9.59 Å². The largest absolute Gasteiger partial charge is 0.340 e. The van der Waals surface area contributed by atoms with Gasteiger partial charge in [-0.05, 0) is 49.2 Å². The van der Waals surface area contributed by atoms with Crippen molar-refractivity contribution in [3.05, 3.63) is 64.7 Å². The van der Waals surface area contributed by atoms with Gasteiger partial charge in [0, 0.05) is 16.3 Å². The first-order valence-corrected chi connectivity index (χ1v) is 8.18. The summed E-state index contributed by atoms with van der Waals surface area (Å²) in [7, 11) is 0. The number of amides is 2. The second-order valence-electron chi connectivity index (χ2n) is 6.06. The van der Waals surface area contributed by atoms with Gasteiger partial charge in [0.15, 0.2) is 0 Å². The summed E-state index contributed by atoms with van der Waals surface area (Å²) in [6, 6.07) is 13.4. The smallest absolute Gasteiger partial charge is 0.251 e. The molecule has 0 bridgehead atoms. The SMILES string of the molecule is Cc1ccc(C(=O)NC(C(=O)Nc2ccc(Cl)cc2)C(C)C)cc1. The van der Waals surface area contributed by atoms with Crippen molar-refractivity contribution >= 4 is 29.1 Å². The van der Waals surface area contributed by atoms with Gasteiger partial charge >= 0.3 is 0 Å². The van der Waals surface area contributed by atoms with Crippen molar-refractivity contribution in [2.24, 2.45) is 5.92 Å². The third kappa shape index (κ3) is 4.83. The van der Waals surface area contributed by atoms with E-state index in [0.717, 1.165) is 5.56 Å². The van der Waals surface area contributed by atoms with Crippen LogP contribution in [0.2, 0.25) is 5.02 Å². The molecule has 1 unspecified atom stereocenters. The normalized spacial score (nSPS) is 11.9. The van der Waals surface area contributed by atoms with E-state index in [-0.39, 0.29) is 17.7 Å². The number of carbonyl (C=O) groups is 2. The van der Waals surface area contributed by atoms with Crippen LogP contribution in [0.4, 0.5) is 5.69 Å². The topological polar surface area (TPSA) is 58.2 Å². The van der Waals surface area contributed by atoms with Crippen LogP contribution >= 0.6 is 11.6 Å². The van der Waals surface area contributed by atoms with Crippen LogP contribution < -0.4 is 10.6 Å². The molecule has 0 aliphatic heterocycles. The van der Waals surface area contributed by atoms with E-state index in [4.69, 9.17) is 11.6 Å². The summed E-state index contributed by atoms with van der Waals surface area (Å²) in [6.45, 7) is 5.74. The van der Waals surface area contributed by atoms with E-state index in [2.05, 4.69) is 10.6 Å². The van der Waals surface area contributed by atoms with E-state index in [1.165, 1.54) is 0 Å². The second kappa shape index (κ2) is 7.97. The zero-order valence-corrected chi connectivity index (χ0v) is 14.7. The Bertz CT molecular complexity index is 709. The lowest BCUT2D eigenvalue weighted by Gasteiger charge is -2.22. The molecule has 0 radical (unpaired) electrons. The summed E-state index contributed by atoms with van der Waals surface area (Å²) < 4.78 is 0. The predicted octanol–water partition coefficient (Wildman–Crippen LogP) is 4.04. The Morgan fingerprint density at radius 1 is 0.958 bits per heavy atom. The standard InChI is InChI=1S/C19H21ClN2O2/c1-12(2)17(19(24)21-16-10-8-15(20)9-11-16)22-18(23)14-6-4-13(3)5-7-14/h4-12,17H,1-3H3,(H,21,24)(H,22,23). The first-order valence-electron chi connectivity index (χ1n) is 7.81. The zero-order chi connectivity index (χ0) is 17.7. The number of aryl methyl sites for hydroxylation is 1. The van der Waals surface area contributed by atoms with E-state index in [1.807, 2.05) is 32.9 Å². The molecule has 0 heterocycles. The van der Waals surface area contributed by atoms with E-state index >= 15 is 0 Å². The van der Waals surface area contributed by atoms with Crippen molar-refractivity contribution < 1.29 is 9.59 Å². The maximum absolute atomic E-state index is 12.5. The average Bonchev–Trinajstić information content (AvgIpc) is 2.54. The van der Waals surface area contributed by atoms with E-state index in [9.17, 15) is 9.59 Å². The van der Waals surface area contributed by atoms with Gasteiger partial charge in [-0.1, -0.05) is 43.1 Å². The molecule has 0 saturated heterocycles. The second-order valence-corrected chi connectivity index (χ2v) is 6.49. The Labute approximate surface area is 147 Å². The van der Waals surface area contributed by atoms with Crippen LogP contribution in [0.25, 0.3) is 0 Å². The maximum atomic E-state index is 12.5. The van der Waals surface area contributed by atoms with E-state index < -0.39 is 6.04 Å². The fraction of sp³-hybridized carbons (Fsp3) is 0.263. The molecule has 24 heavy (non-hydrogen) atoms. The quantitative estimate of drug-likeness (QED) is 0.860. The first-order chi connectivity index (χ1) is 11.4. The highest BCUT2D eigenvalue weighted by Crippen LogP contribution is 2.15.